The van der Waals surface area contributed by atoms with Crippen molar-refractivity contribution in [1.29, 1.82) is 0 Å². The summed E-state index contributed by atoms with van der Waals surface area (Å²) in [4.78, 5) is 23.9. The van der Waals surface area contributed by atoms with Crippen LogP contribution < -0.4 is 5.48 Å². The molecule has 0 fully saturated rings. The number of aromatic nitrogens is 1. The highest BCUT2D eigenvalue weighted by molar-refractivity contribution is 9.10. The number of hydrogen-bond acceptors (Lipinski definition) is 3. The van der Waals surface area contributed by atoms with Gasteiger partial charge in [-0.1, -0.05) is 32.4 Å². The molecule has 2 aromatic rings. The molecule has 1 aliphatic carbocycles. The zero-order chi connectivity index (χ0) is 18.9. The number of fused-ring (bicyclic) bond motifs is 3. The van der Waals surface area contributed by atoms with E-state index in [0.29, 0.717) is 12.8 Å². The Labute approximate surface area is 161 Å². The van der Waals surface area contributed by atoms with Crippen LogP contribution in [0.5, 0.6) is 0 Å². The highest BCUT2D eigenvalue weighted by atomic mass is 79.9. The van der Waals surface area contributed by atoms with Crippen molar-refractivity contribution in [2.45, 2.75) is 58.9 Å². The van der Waals surface area contributed by atoms with Gasteiger partial charge in [-0.2, -0.15) is 0 Å². The Morgan fingerprint density at radius 3 is 2.77 bits per heavy atom. The fourth-order valence-electron chi connectivity index (χ4n) is 3.99. The Bertz CT molecular complexity index is 854. The summed E-state index contributed by atoms with van der Waals surface area (Å²) in [5.41, 5.74) is 4.77. The number of hydrogen-bond donors (Lipinski definition) is 2. The van der Waals surface area contributed by atoms with Gasteiger partial charge in [0.1, 0.15) is 0 Å². The van der Waals surface area contributed by atoms with Gasteiger partial charge in [-0.05, 0) is 46.7 Å². The molecule has 5 nitrogen and oxygen atoms in total. The summed E-state index contributed by atoms with van der Waals surface area (Å²) in [6.45, 7) is 5.12. The minimum Gasteiger partial charge on any atom is -0.343 e. The second-order valence-corrected chi connectivity index (χ2v) is 8.75. The van der Waals surface area contributed by atoms with Gasteiger partial charge in [0, 0.05) is 40.5 Å². The predicted molar refractivity (Wildman–Crippen MR) is 104 cm³/mol. The van der Waals surface area contributed by atoms with Crippen molar-refractivity contribution >= 4 is 38.5 Å². The van der Waals surface area contributed by atoms with Gasteiger partial charge >= 0.3 is 0 Å². The molecule has 2 N–H and O–H groups in total. The first-order valence-corrected chi connectivity index (χ1v) is 9.89. The SMILES string of the molecule is CC1(C)CC(=O)c2c(n(CCCCCC(=O)NO)c3c(Br)cccc23)C1. The van der Waals surface area contributed by atoms with Crippen LogP contribution in [0.25, 0.3) is 10.9 Å². The minimum absolute atomic E-state index is 0.0259. The fourth-order valence-corrected chi connectivity index (χ4v) is 4.57. The van der Waals surface area contributed by atoms with Crippen LogP contribution in [-0.2, 0) is 17.8 Å². The number of amides is 1. The molecule has 26 heavy (non-hydrogen) atoms. The third-order valence-corrected chi connectivity index (χ3v) is 5.75. The number of para-hydroxylation sites is 1. The standard InChI is InChI=1S/C20H25BrN2O3/c1-20(2)11-15-18(16(24)12-20)13-7-6-8-14(21)19(13)23(15)10-5-3-4-9-17(25)22-26/h6-8,26H,3-5,9-12H2,1-2H3,(H,22,25). The largest absolute Gasteiger partial charge is 0.343 e. The van der Waals surface area contributed by atoms with Gasteiger partial charge in [0.25, 0.3) is 0 Å². The van der Waals surface area contributed by atoms with Crippen molar-refractivity contribution in [2.24, 2.45) is 5.41 Å². The first-order chi connectivity index (χ1) is 12.3. The molecule has 0 unspecified atom stereocenters. The number of benzene rings is 1. The van der Waals surface area contributed by atoms with Crippen molar-refractivity contribution in [3.05, 3.63) is 33.9 Å². The number of carbonyl (C=O) groups excluding carboxylic acids is 2. The molecule has 0 aliphatic heterocycles. The molecule has 0 saturated carbocycles. The number of carbonyl (C=O) groups is 2. The van der Waals surface area contributed by atoms with Crippen LogP contribution in [0.4, 0.5) is 0 Å². The summed E-state index contributed by atoms with van der Waals surface area (Å²) < 4.78 is 3.30. The van der Waals surface area contributed by atoms with E-state index in [1.165, 1.54) is 0 Å². The third kappa shape index (κ3) is 3.71. The maximum atomic E-state index is 12.8. The lowest BCUT2D eigenvalue weighted by atomic mass is 9.75. The highest BCUT2D eigenvalue weighted by Crippen LogP contribution is 2.41. The van der Waals surface area contributed by atoms with Crippen molar-refractivity contribution in [3.8, 4) is 0 Å². The lowest BCUT2D eigenvalue weighted by Gasteiger charge is -2.30. The first-order valence-electron chi connectivity index (χ1n) is 9.10. The van der Waals surface area contributed by atoms with Crippen LogP contribution in [-0.4, -0.2) is 21.5 Å². The van der Waals surface area contributed by atoms with E-state index in [9.17, 15) is 9.59 Å². The number of aryl methyl sites for hydroxylation is 1. The monoisotopic (exact) mass is 420 g/mol. The Kier molecular flexibility index (Phi) is 5.53. The van der Waals surface area contributed by atoms with E-state index in [1.54, 1.807) is 5.48 Å². The summed E-state index contributed by atoms with van der Waals surface area (Å²) >= 11 is 3.66. The number of unbranched alkanes of at least 4 members (excludes halogenated alkanes) is 2. The number of hydroxylamine groups is 1. The fraction of sp³-hybridized carbons (Fsp3) is 0.500. The second kappa shape index (κ2) is 7.53. The number of nitrogens with zero attached hydrogens (tertiary/aromatic N) is 1. The first kappa shape index (κ1) is 19.1. The molecule has 140 valence electrons. The topological polar surface area (TPSA) is 71.3 Å². The zero-order valence-corrected chi connectivity index (χ0v) is 16.9. The zero-order valence-electron chi connectivity index (χ0n) is 15.3. The molecule has 0 bridgehead atoms. The lowest BCUT2D eigenvalue weighted by molar-refractivity contribution is -0.129. The van der Waals surface area contributed by atoms with Crippen LogP contribution in [0.1, 0.15) is 62.0 Å². The van der Waals surface area contributed by atoms with E-state index >= 15 is 0 Å². The molecule has 0 atom stereocenters. The molecule has 6 heteroatoms. The van der Waals surface area contributed by atoms with E-state index in [-0.39, 0.29) is 17.1 Å². The third-order valence-electron chi connectivity index (χ3n) is 5.11. The smallest absolute Gasteiger partial charge is 0.243 e. The maximum absolute atomic E-state index is 12.8. The number of rotatable bonds is 6. The molecule has 1 aromatic carbocycles. The summed E-state index contributed by atoms with van der Waals surface area (Å²) in [5.74, 6) is -0.110. The molecule has 1 aromatic heterocycles. The average Bonchev–Trinajstić information content (AvgIpc) is 2.88. The van der Waals surface area contributed by atoms with Crippen LogP contribution >= 0.6 is 15.9 Å². The van der Waals surface area contributed by atoms with Crippen molar-refractivity contribution in [1.82, 2.24) is 10.0 Å². The van der Waals surface area contributed by atoms with Gasteiger partial charge in [0.15, 0.2) is 5.78 Å². The molecular formula is C20H25BrN2O3. The van der Waals surface area contributed by atoms with E-state index in [2.05, 4.69) is 34.3 Å². The van der Waals surface area contributed by atoms with E-state index in [4.69, 9.17) is 5.21 Å². The van der Waals surface area contributed by atoms with Gasteiger partial charge in [-0.3, -0.25) is 14.8 Å². The van der Waals surface area contributed by atoms with E-state index in [1.807, 2.05) is 18.2 Å². The summed E-state index contributed by atoms with van der Waals surface area (Å²) in [6, 6.07) is 6.04. The minimum atomic E-state index is -0.344. The van der Waals surface area contributed by atoms with E-state index in [0.717, 1.165) is 58.9 Å². The molecule has 1 heterocycles. The average molecular weight is 421 g/mol. The number of Topliss-reactive ketones (excluding diaryl/α,β-unsaturated/α-hetero) is 1. The van der Waals surface area contributed by atoms with Gasteiger partial charge in [0.05, 0.1) is 5.52 Å². The Morgan fingerprint density at radius 1 is 1.27 bits per heavy atom. The van der Waals surface area contributed by atoms with Gasteiger partial charge in [0.2, 0.25) is 5.91 Å². The summed E-state index contributed by atoms with van der Waals surface area (Å²) in [7, 11) is 0. The van der Waals surface area contributed by atoms with Crippen molar-refractivity contribution in [3.63, 3.8) is 0 Å². The van der Waals surface area contributed by atoms with Crippen molar-refractivity contribution < 1.29 is 14.8 Å². The number of nitrogens with one attached hydrogen (secondary N) is 1. The lowest BCUT2D eigenvalue weighted by Crippen LogP contribution is -2.28. The molecule has 1 amide bonds. The molecule has 0 spiro atoms. The summed E-state index contributed by atoms with van der Waals surface area (Å²) in [6.07, 6.45) is 4.36. The molecular weight excluding hydrogens is 396 g/mol. The van der Waals surface area contributed by atoms with Gasteiger partial charge in [-0.25, -0.2) is 5.48 Å². The molecule has 0 saturated heterocycles. The van der Waals surface area contributed by atoms with Gasteiger partial charge < -0.3 is 4.57 Å². The Morgan fingerprint density at radius 2 is 2.04 bits per heavy atom. The van der Waals surface area contributed by atoms with Crippen LogP contribution in [0.15, 0.2) is 22.7 Å². The Hall–Kier alpha value is -1.66. The predicted octanol–water partition coefficient (Wildman–Crippen LogP) is 4.62. The van der Waals surface area contributed by atoms with Crippen molar-refractivity contribution in [2.75, 3.05) is 0 Å². The second-order valence-electron chi connectivity index (χ2n) is 7.90. The summed E-state index contributed by atoms with van der Waals surface area (Å²) in [5, 5.41) is 9.59. The maximum Gasteiger partial charge on any atom is 0.243 e. The quantitative estimate of drug-likeness (QED) is 0.406. The van der Waals surface area contributed by atoms with Crippen LogP contribution in [0.3, 0.4) is 0 Å². The Balaban J connectivity index is 1.89. The molecule has 1 aliphatic rings. The number of ketones is 1. The number of halogens is 1. The highest BCUT2D eigenvalue weighted by Gasteiger charge is 2.35. The normalized spacial score (nSPS) is 15.9. The molecule has 0 radical (unpaired) electrons. The van der Waals surface area contributed by atoms with E-state index < -0.39 is 0 Å². The van der Waals surface area contributed by atoms with Gasteiger partial charge in [-0.15, -0.1) is 0 Å². The van der Waals surface area contributed by atoms with Crippen LogP contribution in [0, 0.1) is 5.41 Å². The molecule has 3 rings (SSSR count). The van der Waals surface area contributed by atoms with Crippen LogP contribution in [0.2, 0.25) is 0 Å².